The molecule has 1 fully saturated rings. The van der Waals surface area contributed by atoms with Gasteiger partial charge in [-0.1, -0.05) is 25.7 Å². The Morgan fingerprint density at radius 1 is 1.00 bits per heavy atom. The average Bonchev–Trinajstić information content (AvgIpc) is 2.03. The third-order valence-electron chi connectivity index (χ3n) is 2.24. The normalized spacial score (nSPS) is 23.1. The van der Waals surface area contributed by atoms with Crippen molar-refractivity contribution in [3.63, 3.8) is 0 Å². The maximum absolute atomic E-state index is 11.1. The second-order valence-corrected chi connectivity index (χ2v) is 3.34. The lowest BCUT2D eigenvalue weighted by Crippen LogP contribution is -1.99. The topological polar surface area (TPSA) is 17.1 Å². The largest absolute Gasteiger partial charge is 0.300 e. The minimum atomic E-state index is 0.437. The van der Waals surface area contributed by atoms with Gasteiger partial charge in [0, 0.05) is 12.8 Å². The summed E-state index contributed by atoms with van der Waals surface area (Å²) in [5.74, 6) is 0.437. The lowest BCUT2D eigenvalue weighted by Gasteiger charge is -2.05. The summed E-state index contributed by atoms with van der Waals surface area (Å²) in [5.41, 5.74) is 0. The second kappa shape index (κ2) is 5.34. The van der Waals surface area contributed by atoms with Crippen LogP contribution in [-0.2, 0) is 4.79 Å². The molecular weight excluding hydrogens is 136 g/mol. The van der Waals surface area contributed by atoms with Gasteiger partial charge in [0.25, 0.3) is 0 Å². The number of ketones is 1. The van der Waals surface area contributed by atoms with E-state index in [-0.39, 0.29) is 0 Å². The van der Waals surface area contributed by atoms with Crippen molar-refractivity contribution < 1.29 is 4.79 Å². The highest BCUT2D eigenvalue weighted by atomic mass is 16.1. The van der Waals surface area contributed by atoms with E-state index in [2.05, 4.69) is 6.42 Å². The molecule has 0 atom stereocenters. The van der Waals surface area contributed by atoms with Gasteiger partial charge in [0.15, 0.2) is 0 Å². The van der Waals surface area contributed by atoms with E-state index in [0.717, 1.165) is 25.7 Å². The zero-order valence-electron chi connectivity index (χ0n) is 7.14. The highest BCUT2D eigenvalue weighted by Gasteiger charge is 2.03. The first-order valence-electron chi connectivity index (χ1n) is 4.73. The van der Waals surface area contributed by atoms with Gasteiger partial charge in [0.05, 0.1) is 0 Å². The third-order valence-corrected chi connectivity index (χ3v) is 2.24. The Morgan fingerprint density at radius 2 is 1.73 bits per heavy atom. The molecule has 1 aliphatic rings. The smallest absolute Gasteiger partial charge is 0.133 e. The van der Waals surface area contributed by atoms with Crippen molar-refractivity contribution in [2.45, 2.75) is 51.4 Å². The molecule has 0 aromatic carbocycles. The van der Waals surface area contributed by atoms with Crippen LogP contribution in [0.15, 0.2) is 0 Å². The molecule has 1 aliphatic carbocycles. The van der Waals surface area contributed by atoms with E-state index in [1.54, 1.807) is 0 Å². The monoisotopic (exact) mass is 153 g/mol. The van der Waals surface area contributed by atoms with Gasteiger partial charge < -0.3 is 0 Å². The predicted octanol–water partition coefficient (Wildman–Crippen LogP) is 2.89. The van der Waals surface area contributed by atoms with Crippen molar-refractivity contribution in [1.82, 2.24) is 0 Å². The van der Waals surface area contributed by atoms with E-state index >= 15 is 0 Å². The number of rotatable bonds is 0. The molecule has 1 rings (SSSR count). The number of hydrogen-bond acceptors (Lipinski definition) is 1. The molecule has 1 heteroatoms. The molecular formula is C10H17O. The first-order chi connectivity index (χ1) is 5.39. The van der Waals surface area contributed by atoms with E-state index in [1.165, 1.54) is 25.7 Å². The highest BCUT2D eigenvalue weighted by molar-refractivity contribution is 5.79. The van der Waals surface area contributed by atoms with Crippen molar-refractivity contribution in [2.75, 3.05) is 0 Å². The first-order valence-corrected chi connectivity index (χ1v) is 4.73. The molecule has 0 N–H and O–H groups in total. The molecule has 0 aromatic heterocycles. The van der Waals surface area contributed by atoms with Crippen LogP contribution in [0.5, 0.6) is 0 Å². The molecule has 11 heavy (non-hydrogen) atoms. The summed E-state index contributed by atoms with van der Waals surface area (Å²) < 4.78 is 0. The second-order valence-electron chi connectivity index (χ2n) is 3.34. The summed E-state index contributed by atoms with van der Waals surface area (Å²) >= 11 is 0. The van der Waals surface area contributed by atoms with Crippen molar-refractivity contribution in [3.05, 3.63) is 6.42 Å². The van der Waals surface area contributed by atoms with Gasteiger partial charge in [-0.25, -0.2) is 0 Å². The number of carbonyl (C=O) groups is 1. The minimum absolute atomic E-state index is 0.437. The summed E-state index contributed by atoms with van der Waals surface area (Å²) in [6.07, 6.45) is 11.2. The fourth-order valence-corrected chi connectivity index (χ4v) is 1.51. The van der Waals surface area contributed by atoms with Crippen molar-refractivity contribution >= 4 is 5.78 Å². The quantitative estimate of drug-likeness (QED) is 0.523. The standard InChI is InChI=1S/C10H17O/c11-10-8-6-4-2-1-3-5-7-9-10/h6H,1-5,7-9H2. The van der Waals surface area contributed by atoms with Crippen LogP contribution in [0.4, 0.5) is 0 Å². The molecule has 0 heterocycles. The highest BCUT2D eigenvalue weighted by Crippen LogP contribution is 2.13. The van der Waals surface area contributed by atoms with E-state index in [9.17, 15) is 4.79 Å². The van der Waals surface area contributed by atoms with Gasteiger partial charge in [-0.2, -0.15) is 0 Å². The van der Waals surface area contributed by atoms with Gasteiger partial charge >= 0.3 is 0 Å². The maximum atomic E-state index is 11.1. The summed E-state index contributed by atoms with van der Waals surface area (Å²) in [7, 11) is 0. The van der Waals surface area contributed by atoms with Crippen LogP contribution in [0.25, 0.3) is 0 Å². The van der Waals surface area contributed by atoms with E-state index in [4.69, 9.17) is 0 Å². The molecule has 1 nitrogen and oxygen atoms in total. The summed E-state index contributed by atoms with van der Waals surface area (Å²) in [5, 5.41) is 0. The molecule has 1 radical (unpaired) electrons. The SMILES string of the molecule is O=C1C[CH]CCCCCCC1. The predicted molar refractivity (Wildman–Crippen MR) is 46.2 cm³/mol. The van der Waals surface area contributed by atoms with Crippen molar-refractivity contribution in [1.29, 1.82) is 0 Å². The van der Waals surface area contributed by atoms with Crippen LogP contribution in [0.3, 0.4) is 0 Å². The Labute approximate surface area is 69.2 Å². The Hall–Kier alpha value is -0.330. The Balaban J connectivity index is 2.17. The van der Waals surface area contributed by atoms with Crippen molar-refractivity contribution in [3.8, 4) is 0 Å². The number of Topliss-reactive ketones (excluding diaryl/α,β-unsaturated/α-hetero) is 1. The van der Waals surface area contributed by atoms with Gasteiger partial charge in [-0.15, -0.1) is 0 Å². The summed E-state index contributed by atoms with van der Waals surface area (Å²) in [6, 6.07) is 0. The molecule has 0 aromatic rings. The first kappa shape index (κ1) is 8.76. The molecule has 0 bridgehead atoms. The Morgan fingerprint density at radius 3 is 2.64 bits per heavy atom. The van der Waals surface area contributed by atoms with Crippen LogP contribution < -0.4 is 0 Å². The molecule has 63 valence electrons. The van der Waals surface area contributed by atoms with E-state index in [1.807, 2.05) is 0 Å². The van der Waals surface area contributed by atoms with Gasteiger partial charge in [-0.05, 0) is 19.3 Å². The number of carbonyl (C=O) groups excluding carboxylic acids is 1. The fourth-order valence-electron chi connectivity index (χ4n) is 1.51. The third kappa shape index (κ3) is 4.18. The molecule has 0 amide bonds. The maximum Gasteiger partial charge on any atom is 0.133 e. The minimum Gasteiger partial charge on any atom is -0.300 e. The van der Waals surface area contributed by atoms with Crippen LogP contribution >= 0.6 is 0 Å². The van der Waals surface area contributed by atoms with Gasteiger partial charge in [-0.3, -0.25) is 4.79 Å². The van der Waals surface area contributed by atoms with Crippen molar-refractivity contribution in [2.24, 2.45) is 0 Å². The molecule has 0 spiro atoms. The van der Waals surface area contributed by atoms with Crippen LogP contribution in [-0.4, -0.2) is 5.78 Å². The lowest BCUT2D eigenvalue weighted by molar-refractivity contribution is -0.118. The van der Waals surface area contributed by atoms with Crippen LogP contribution in [0.1, 0.15) is 51.4 Å². The molecule has 0 unspecified atom stereocenters. The van der Waals surface area contributed by atoms with E-state index in [0.29, 0.717) is 5.78 Å². The van der Waals surface area contributed by atoms with E-state index < -0.39 is 0 Å². The number of hydrogen-bond donors (Lipinski definition) is 0. The molecule has 0 aliphatic heterocycles. The average molecular weight is 153 g/mol. The molecule has 1 saturated carbocycles. The lowest BCUT2D eigenvalue weighted by atomic mass is 10.0. The zero-order chi connectivity index (χ0) is 7.94. The Kier molecular flexibility index (Phi) is 4.25. The zero-order valence-corrected chi connectivity index (χ0v) is 7.14. The Bertz CT molecular complexity index is 106. The summed E-state index contributed by atoms with van der Waals surface area (Å²) in [6.45, 7) is 0. The van der Waals surface area contributed by atoms with Gasteiger partial charge in [0.2, 0.25) is 0 Å². The van der Waals surface area contributed by atoms with Gasteiger partial charge in [0.1, 0.15) is 5.78 Å². The van der Waals surface area contributed by atoms with Crippen LogP contribution in [0.2, 0.25) is 0 Å². The summed E-state index contributed by atoms with van der Waals surface area (Å²) in [4.78, 5) is 11.1. The molecule has 0 saturated heterocycles. The van der Waals surface area contributed by atoms with Crippen LogP contribution in [0, 0.1) is 6.42 Å². The fraction of sp³-hybridized carbons (Fsp3) is 0.800.